The molecule has 0 bridgehead atoms. The Morgan fingerprint density at radius 1 is 1.12 bits per heavy atom. The second kappa shape index (κ2) is 12.9. The molecule has 2 amide bonds. The van der Waals surface area contributed by atoms with Crippen LogP contribution in [-0.2, 0) is 9.36 Å². The fourth-order valence-corrected chi connectivity index (χ4v) is 4.65. The van der Waals surface area contributed by atoms with Gasteiger partial charge < -0.3 is 30.5 Å². The fraction of sp³-hybridized carbons (Fsp3) is 0.391. The molecule has 1 heterocycles. The van der Waals surface area contributed by atoms with Crippen LogP contribution in [0.1, 0.15) is 42.5 Å². The minimum atomic E-state index is -4.54. The number of carbonyl (C=O) groups is 2. The van der Waals surface area contributed by atoms with Crippen molar-refractivity contribution in [1.29, 1.82) is 0 Å². The Balaban J connectivity index is 0.00000408. The zero-order chi connectivity index (χ0) is 23.8. The van der Waals surface area contributed by atoms with Gasteiger partial charge >= 0.3 is 7.60 Å². The van der Waals surface area contributed by atoms with E-state index >= 15 is 0 Å². The van der Waals surface area contributed by atoms with Gasteiger partial charge in [-0.05, 0) is 69.0 Å². The van der Waals surface area contributed by atoms with Crippen LogP contribution in [0.4, 0.5) is 0 Å². The van der Waals surface area contributed by atoms with Crippen molar-refractivity contribution >= 4 is 31.8 Å². The highest BCUT2D eigenvalue weighted by Crippen LogP contribution is 2.42. The predicted molar refractivity (Wildman–Crippen MR) is 131 cm³/mol. The number of nitrogens with two attached hydrogens (primary N) is 1. The quantitative estimate of drug-likeness (QED) is 0.283. The molecule has 1 aliphatic rings. The minimum absolute atomic E-state index is 0. The number of nitrogens with one attached hydrogen (secondary N) is 1. The van der Waals surface area contributed by atoms with Crippen LogP contribution in [-0.4, -0.2) is 51.4 Å². The molecule has 1 fully saturated rings. The maximum atomic E-state index is 13.2. The first-order valence-electron chi connectivity index (χ1n) is 11.0. The SMILES string of the molecule is Cl.NCCCCC(NC(=O)[C@@H]1CCCN1C(=O)c1cccc(Oc2ccccc2)c1)P(=O)(O)O. The molecule has 0 saturated carbocycles. The van der Waals surface area contributed by atoms with Gasteiger partial charge in [0, 0.05) is 12.1 Å². The molecular formula is C23H31ClN3O6P. The fourth-order valence-electron chi connectivity index (χ4n) is 3.83. The van der Waals surface area contributed by atoms with Crippen molar-refractivity contribution in [1.82, 2.24) is 10.2 Å². The first-order chi connectivity index (χ1) is 15.8. The average molecular weight is 512 g/mol. The van der Waals surface area contributed by atoms with Gasteiger partial charge in [-0.15, -0.1) is 12.4 Å². The van der Waals surface area contributed by atoms with Crippen molar-refractivity contribution in [3.63, 3.8) is 0 Å². The number of carbonyl (C=O) groups excluding carboxylic acids is 2. The third kappa shape index (κ3) is 7.55. The van der Waals surface area contributed by atoms with Gasteiger partial charge in [-0.2, -0.15) is 0 Å². The molecule has 0 radical (unpaired) electrons. The number of halogens is 1. The molecular weight excluding hydrogens is 481 g/mol. The van der Waals surface area contributed by atoms with E-state index in [1.54, 1.807) is 36.4 Å². The van der Waals surface area contributed by atoms with E-state index in [2.05, 4.69) is 5.32 Å². The maximum Gasteiger partial charge on any atom is 0.347 e. The van der Waals surface area contributed by atoms with Gasteiger partial charge in [0.15, 0.2) is 0 Å². The van der Waals surface area contributed by atoms with Crippen LogP contribution in [0, 0.1) is 0 Å². The standard InChI is InChI=1S/C23H30N3O6P.ClH/c24-14-5-4-13-21(33(29,30)31)25-22(27)20-12-7-15-26(20)23(28)17-8-6-11-19(16-17)32-18-9-2-1-3-10-18;/h1-3,6,8-11,16,20-21H,4-5,7,12-15,24H2,(H,25,27)(H2,29,30,31);1H/t20-,21?;/m0./s1. The molecule has 3 rings (SSSR count). The summed E-state index contributed by atoms with van der Waals surface area (Å²) in [7, 11) is -4.54. The zero-order valence-electron chi connectivity index (χ0n) is 18.7. The molecule has 1 saturated heterocycles. The van der Waals surface area contributed by atoms with Crippen LogP contribution in [0.2, 0.25) is 0 Å². The summed E-state index contributed by atoms with van der Waals surface area (Å²) < 4.78 is 17.7. The first-order valence-corrected chi connectivity index (χ1v) is 12.7. The number of hydrogen-bond acceptors (Lipinski definition) is 5. The Bertz CT molecular complexity index is 1000. The zero-order valence-corrected chi connectivity index (χ0v) is 20.4. The van der Waals surface area contributed by atoms with E-state index in [1.165, 1.54) is 4.90 Å². The van der Waals surface area contributed by atoms with E-state index < -0.39 is 25.3 Å². The monoisotopic (exact) mass is 511 g/mol. The lowest BCUT2D eigenvalue weighted by molar-refractivity contribution is -0.125. The Morgan fingerprint density at radius 3 is 2.50 bits per heavy atom. The number of amides is 2. The van der Waals surface area contributed by atoms with E-state index in [1.807, 2.05) is 18.2 Å². The number of ether oxygens (including phenoxy) is 1. The number of unbranched alkanes of at least 4 members (excludes halogenated alkanes) is 1. The Labute approximate surface area is 205 Å². The number of likely N-dealkylation sites (tertiary alicyclic amines) is 1. The summed E-state index contributed by atoms with van der Waals surface area (Å²) in [4.78, 5) is 46.8. The van der Waals surface area contributed by atoms with Crippen molar-refractivity contribution in [2.24, 2.45) is 5.73 Å². The average Bonchev–Trinajstić information content (AvgIpc) is 3.28. The lowest BCUT2D eigenvalue weighted by Gasteiger charge is -2.27. The van der Waals surface area contributed by atoms with Crippen LogP contribution < -0.4 is 15.8 Å². The molecule has 2 aromatic rings. The molecule has 2 atom stereocenters. The van der Waals surface area contributed by atoms with Gasteiger partial charge in [0.1, 0.15) is 23.3 Å². The van der Waals surface area contributed by atoms with E-state index in [0.717, 1.165) is 0 Å². The summed E-state index contributed by atoms with van der Waals surface area (Å²) in [5.74, 6) is -1.05. The summed E-state index contributed by atoms with van der Waals surface area (Å²) in [6, 6.07) is 15.1. The predicted octanol–water partition coefficient (Wildman–Crippen LogP) is 3.25. The van der Waals surface area contributed by atoms with Crippen molar-refractivity contribution < 1.29 is 28.7 Å². The number of rotatable bonds is 10. The van der Waals surface area contributed by atoms with E-state index in [-0.39, 0.29) is 24.7 Å². The number of benzene rings is 2. The number of nitrogens with zero attached hydrogens (tertiary/aromatic N) is 1. The van der Waals surface area contributed by atoms with Crippen molar-refractivity contribution in [2.45, 2.75) is 43.9 Å². The highest BCUT2D eigenvalue weighted by Gasteiger charge is 2.38. The van der Waals surface area contributed by atoms with Crippen LogP contribution in [0.25, 0.3) is 0 Å². The van der Waals surface area contributed by atoms with Gasteiger partial charge in [-0.25, -0.2) is 0 Å². The summed E-state index contributed by atoms with van der Waals surface area (Å²) in [5, 5.41) is 2.48. The first kappa shape index (κ1) is 27.8. The maximum absolute atomic E-state index is 13.2. The highest BCUT2D eigenvalue weighted by molar-refractivity contribution is 7.52. The van der Waals surface area contributed by atoms with Crippen LogP contribution in [0.15, 0.2) is 54.6 Å². The second-order valence-corrected chi connectivity index (χ2v) is 9.80. The summed E-state index contributed by atoms with van der Waals surface area (Å²) in [6.45, 7) is 0.786. The molecule has 1 unspecified atom stereocenters. The van der Waals surface area contributed by atoms with E-state index in [9.17, 15) is 23.9 Å². The van der Waals surface area contributed by atoms with Crippen molar-refractivity contribution in [2.75, 3.05) is 13.1 Å². The van der Waals surface area contributed by atoms with E-state index in [4.69, 9.17) is 10.5 Å². The second-order valence-electron chi connectivity index (χ2n) is 8.00. The molecule has 1 aliphatic heterocycles. The molecule has 186 valence electrons. The molecule has 34 heavy (non-hydrogen) atoms. The molecule has 2 aromatic carbocycles. The topological polar surface area (TPSA) is 142 Å². The third-order valence-electron chi connectivity index (χ3n) is 5.52. The molecule has 0 aromatic heterocycles. The van der Waals surface area contributed by atoms with E-state index in [0.29, 0.717) is 55.8 Å². The van der Waals surface area contributed by atoms with Gasteiger partial charge in [-0.3, -0.25) is 14.2 Å². The lowest BCUT2D eigenvalue weighted by Crippen LogP contribution is -2.48. The smallest absolute Gasteiger partial charge is 0.347 e. The van der Waals surface area contributed by atoms with Crippen LogP contribution in [0.5, 0.6) is 11.5 Å². The normalized spacial score (nSPS) is 16.4. The number of hydrogen-bond donors (Lipinski definition) is 4. The van der Waals surface area contributed by atoms with Crippen LogP contribution >= 0.6 is 20.0 Å². The van der Waals surface area contributed by atoms with Gasteiger partial charge in [0.2, 0.25) is 5.91 Å². The molecule has 11 heteroatoms. The Morgan fingerprint density at radius 2 is 1.82 bits per heavy atom. The summed E-state index contributed by atoms with van der Waals surface area (Å²) in [5.41, 5.74) is 5.82. The molecule has 5 N–H and O–H groups in total. The van der Waals surface area contributed by atoms with Crippen LogP contribution in [0.3, 0.4) is 0 Å². The van der Waals surface area contributed by atoms with Gasteiger partial charge in [0.25, 0.3) is 5.91 Å². The minimum Gasteiger partial charge on any atom is -0.457 e. The summed E-state index contributed by atoms with van der Waals surface area (Å²) >= 11 is 0. The Kier molecular flexibility index (Phi) is 10.5. The van der Waals surface area contributed by atoms with Gasteiger partial charge in [0.05, 0.1) is 0 Å². The molecule has 0 spiro atoms. The van der Waals surface area contributed by atoms with Gasteiger partial charge in [-0.1, -0.05) is 24.3 Å². The molecule has 0 aliphatic carbocycles. The molecule has 9 nitrogen and oxygen atoms in total. The van der Waals surface area contributed by atoms with Crippen molar-refractivity contribution in [3.05, 3.63) is 60.2 Å². The lowest BCUT2D eigenvalue weighted by atomic mass is 10.1. The number of para-hydroxylation sites is 1. The Hall–Kier alpha value is -2.42. The summed E-state index contributed by atoms with van der Waals surface area (Å²) in [6.07, 6.45) is 2.24. The van der Waals surface area contributed by atoms with Crippen molar-refractivity contribution in [3.8, 4) is 11.5 Å². The third-order valence-corrected chi connectivity index (χ3v) is 6.72. The largest absolute Gasteiger partial charge is 0.457 e. The highest BCUT2D eigenvalue weighted by atomic mass is 35.5.